The summed E-state index contributed by atoms with van der Waals surface area (Å²) in [5.74, 6) is -0.835. The lowest BCUT2D eigenvalue weighted by molar-refractivity contribution is -0.151. The summed E-state index contributed by atoms with van der Waals surface area (Å²) in [6.45, 7) is 2.29. The quantitative estimate of drug-likeness (QED) is 0.848. The van der Waals surface area contributed by atoms with E-state index in [1.807, 2.05) is 31.2 Å². The number of rotatable bonds is 6. The van der Waals surface area contributed by atoms with Crippen LogP contribution in [0, 0.1) is 12.3 Å². The second-order valence-electron chi connectivity index (χ2n) is 6.41. The van der Waals surface area contributed by atoms with E-state index in [4.69, 9.17) is 0 Å². The molecule has 1 saturated carbocycles. The normalized spacial score (nSPS) is 17.0. The van der Waals surface area contributed by atoms with Gasteiger partial charge in [0.15, 0.2) is 0 Å². The standard InChI is InChI=1S/C18H25NO3/c1-14-5-7-15(8-6-14)9-10-16(20)19-13-18(17(21)22)11-3-2-4-12-18/h5-8H,2-4,9-13H2,1H3,(H,19,20)(H,21,22). The van der Waals surface area contributed by atoms with Gasteiger partial charge in [-0.05, 0) is 31.7 Å². The van der Waals surface area contributed by atoms with Crippen molar-refractivity contribution < 1.29 is 14.7 Å². The Morgan fingerprint density at radius 3 is 2.36 bits per heavy atom. The minimum absolute atomic E-state index is 0.0632. The molecule has 4 heteroatoms. The third kappa shape index (κ3) is 4.33. The number of carbonyl (C=O) groups excluding carboxylic acids is 1. The molecule has 2 N–H and O–H groups in total. The Kier molecular flexibility index (Phi) is 5.58. The Morgan fingerprint density at radius 1 is 1.14 bits per heavy atom. The van der Waals surface area contributed by atoms with Crippen molar-refractivity contribution in [3.63, 3.8) is 0 Å². The van der Waals surface area contributed by atoms with Gasteiger partial charge in [0.2, 0.25) is 5.91 Å². The molecule has 4 nitrogen and oxygen atoms in total. The fourth-order valence-corrected chi connectivity index (χ4v) is 3.06. The highest BCUT2D eigenvalue weighted by Crippen LogP contribution is 2.36. The number of benzene rings is 1. The zero-order valence-corrected chi connectivity index (χ0v) is 13.2. The molecule has 22 heavy (non-hydrogen) atoms. The molecule has 1 amide bonds. The fourth-order valence-electron chi connectivity index (χ4n) is 3.06. The molecular weight excluding hydrogens is 278 g/mol. The van der Waals surface area contributed by atoms with Gasteiger partial charge < -0.3 is 10.4 Å². The van der Waals surface area contributed by atoms with Crippen LogP contribution in [0.25, 0.3) is 0 Å². The zero-order valence-electron chi connectivity index (χ0n) is 13.2. The van der Waals surface area contributed by atoms with Gasteiger partial charge in [-0.2, -0.15) is 0 Å². The molecule has 120 valence electrons. The predicted molar refractivity (Wildman–Crippen MR) is 85.7 cm³/mol. The van der Waals surface area contributed by atoms with Crippen LogP contribution in [0.1, 0.15) is 49.7 Å². The third-order valence-electron chi connectivity index (χ3n) is 4.65. The summed E-state index contributed by atoms with van der Waals surface area (Å²) in [6, 6.07) is 8.13. The largest absolute Gasteiger partial charge is 0.481 e. The smallest absolute Gasteiger partial charge is 0.311 e. The summed E-state index contributed by atoms with van der Waals surface area (Å²) in [5, 5.41) is 12.3. The Labute approximate surface area is 131 Å². The van der Waals surface area contributed by atoms with E-state index < -0.39 is 11.4 Å². The second kappa shape index (κ2) is 7.43. The van der Waals surface area contributed by atoms with Gasteiger partial charge in [-0.1, -0.05) is 49.1 Å². The van der Waals surface area contributed by atoms with E-state index in [1.54, 1.807) is 0 Å². The van der Waals surface area contributed by atoms with Crippen molar-refractivity contribution in [2.75, 3.05) is 6.54 Å². The average molecular weight is 303 g/mol. The number of carbonyl (C=O) groups is 2. The third-order valence-corrected chi connectivity index (χ3v) is 4.65. The minimum atomic E-state index is -0.772. The topological polar surface area (TPSA) is 66.4 Å². The molecule has 1 fully saturated rings. The van der Waals surface area contributed by atoms with Crippen LogP contribution in [-0.2, 0) is 16.0 Å². The van der Waals surface area contributed by atoms with Crippen LogP contribution in [0.3, 0.4) is 0 Å². The first-order chi connectivity index (χ1) is 10.5. The molecule has 0 bridgehead atoms. The van der Waals surface area contributed by atoms with Crippen LogP contribution in [0.4, 0.5) is 0 Å². The SMILES string of the molecule is Cc1ccc(CCC(=O)NCC2(C(=O)O)CCCCC2)cc1. The van der Waals surface area contributed by atoms with Crippen molar-refractivity contribution >= 4 is 11.9 Å². The molecule has 0 heterocycles. The lowest BCUT2D eigenvalue weighted by Crippen LogP contribution is -2.44. The van der Waals surface area contributed by atoms with Gasteiger partial charge >= 0.3 is 5.97 Å². The fraction of sp³-hybridized carbons (Fsp3) is 0.556. The molecule has 0 unspecified atom stereocenters. The molecule has 2 rings (SSSR count). The molecule has 1 aromatic carbocycles. The first-order valence-electron chi connectivity index (χ1n) is 8.07. The lowest BCUT2D eigenvalue weighted by atomic mass is 9.74. The van der Waals surface area contributed by atoms with E-state index in [0.29, 0.717) is 25.7 Å². The second-order valence-corrected chi connectivity index (χ2v) is 6.41. The summed E-state index contributed by atoms with van der Waals surface area (Å²) in [5.41, 5.74) is 1.58. The molecule has 1 aliphatic carbocycles. The monoisotopic (exact) mass is 303 g/mol. The van der Waals surface area contributed by atoms with Crippen molar-refractivity contribution in [3.05, 3.63) is 35.4 Å². The number of aliphatic carboxylic acids is 1. The molecule has 1 aromatic rings. The average Bonchev–Trinajstić information content (AvgIpc) is 2.53. The van der Waals surface area contributed by atoms with Crippen LogP contribution in [0.15, 0.2) is 24.3 Å². The lowest BCUT2D eigenvalue weighted by Gasteiger charge is -2.33. The van der Waals surface area contributed by atoms with E-state index in [-0.39, 0.29) is 12.5 Å². The number of amides is 1. The summed E-state index contributed by atoms with van der Waals surface area (Å²) in [4.78, 5) is 23.5. The maximum atomic E-state index is 12.0. The van der Waals surface area contributed by atoms with Crippen molar-refractivity contribution in [2.45, 2.75) is 51.9 Å². The number of hydrogen-bond acceptors (Lipinski definition) is 2. The summed E-state index contributed by atoms with van der Waals surface area (Å²) in [6.07, 6.45) is 5.39. The molecule has 0 aliphatic heterocycles. The minimum Gasteiger partial charge on any atom is -0.481 e. The zero-order chi connectivity index (χ0) is 16.0. The van der Waals surface area contributed by atoms with E-state index in [0.717, 1.165) is 24.8 Å². The highest BCUT2D eigenvalue weighted by atomic mass is 16.4. The van der Waals surface area contributed by atoms with Crippen LogP contribution < -0.4 is 5.32 Å². The van der Waals surface area contributed by atoms with E-state index >= 15 is 0 Å². The number of aryl methyl sites for hydroxylation is 2. The van der Waals surface area contributed by atoms with Gasteiger partial charge in [-0.25, -0.2) is 0 Å². The first kappa shape index (κ1) is 16.5. The van der Waals surface area contributed by atoms with Gasteiger partial charge in [0.25, 0.3) is 0 Å². The van der Waals surface area contributed by atoms with E-state index in [2.05, 4.69) is 5.32 Å². The van der Waals surface area contributed by atoms with Gasteiger partial charge in [0, 0.05) is 13.0 Å². The van der Waals surface area contributed by atoms with Gasteiger partial charge in [0.1, 0.15) is 0 Å². The maximum Gasteiger partial charge on any atom is 0.311 e. The van der Waals surface area contributed by atoms with Crippen LogP contribution in [-0.4, -0.2) is 23.5 Å². The van der Waals surface area contributed by atoms with Gasteiger partial charge in [0.05, 0.1) is 5.41 Å². The number of carboxylic acids is 1. The van der Waals surface area contributed by atoms with E-state index in [9.17, 15) is 14.7 Å². The highest BCUT2D eigenvalue weighted by Gasteiger charge is 2.39. The van der Waals surface area contributed by atoms with Crippen molar-refractivity contribution in [1.82, 2.24) is 5.32 Å². The first-order valence-corrected chi connectivity index (χ1v) is 8.07. The number of carboxylic acid groups (broad SMARTS) is 1. The molecule has 0 spiro atoms. The predicted octanol–water partition coefficient (Wildman–Crippen LogP) is 3.08. The van der Waals surface area contributed by atoms with Gasteiger partial charge in [-0.3, -0.25) is 9.59 Å². The molecule has 0 saturated heterocycles. The summed E-state index contributed by atoms with van der Waals surface area (Å²) >= 11 is 0. The molecular formula is C18H25NO3. The highest BCUT2D eigenvalue weighted by molar-refractivity contribution is 5.79. The Bertz CT molecular complexity index is 516. The van der Waals surface area contributed by atoms with Crippen molar-refractivity contribution in [2.24, 2.45) is 5.41 Å². The Morgan fingerprint density at radius 2 is 1.77 bits per heavy atom. The number of hydrogen-bond donors (Lipinski definition) is 2. The molecule has 0 aromatic heterocycles. The molecule has 0 radical (unpaired) electrons. The number of nitrogens with one attached hydrogen (secondary N) is 1. The summed E-state index contributed by atoms with van der Waals surface area (Å²) in [7, 11) is 0. The maximum absolute atomic E-state index is 12.0. The van der Waals surface area contributed by atoms with Crippen molar-refractivity contribution in [3.8, 4) is 0 Å². The van der Waals surface area contributed by atoms with Crippen LogP contribution >= 0.6 is 0 Å². The van der Waals surface area contributed by atoms with Crippen molar-refractivity contribution in [1.29, 1.82) is 0 Å². The molecule has 1 aliphatic rings. The van der Waals surface area contributed by atoms with Gasteiger partial charge in [-0.15, -0.1) is 0 Å². The van der Waals surface area contributed by atoms with Crippen LogP contribution in [0.2, 0.25) is 0 Å². The Hall–Kier alpha value is -1.84. The molecule has 0 atom stereocenters. The summed E-state index contributed by atoms with van der Waals surface area (Å²) < 4.78 is 0. The van der Waals surface area contributed by atoms with E-state index in [1.165, 1.54) is 5.56 Å². The van der Waals surface area contributed by atoms with Crippen LogP contribution in [0.5, 0.6) is 0 Å². The Balaban J connectivity index is 1.81.